The standard InChI is InChI=1S/C24H28N4O3S/c1-24(2,3)20-9-11-22(12-10-20)32(30,31)27-15-13-26(14-16-27)23(29)19-17-25-28(18-19)21-7-5-4-6-8-21/h4-12,17-18H,13-16H2,1-3H3. The molecule has 168 valence electrons. The van der Waals surface area contributed by atoms with Crippen molar-refractivity contribution in [2.24, 2.45) is 0 Å². The predicted molar refractivity (Wildman–Crippen MR) is 123 cm³/mol. The maximum atomic E-state index is 13.1. The monoisotopic (exact) mass is 452 g/mol. The molecule has 7 nitrogen and oxygen atoms in total. The molecule has 1 aliphatic rings. The summed E-state index contributed by atoms with van der Waals surface area (Å²) in [7, 11) is -3.59. The van der Waals surface area contributed by atoms with Gasteiger partial charge in [0.2, 0.25) is 10.0 Å². The maximum absolute atomic E-state index is 13.1. The lowest BCUT2D eigenvalue weighted by atomic mass is 9.87. The van der Waals surface area contributed by atoms with Crippen molar-refractivity contribution in [1.29, 1.82) is 0 Å². The third-order valence-corrected chi connectivity index (χ3v) is 7.65. The van der Waals surface area contributed by atoms with Crippen molar-refractivity contribution in [1.82, 2.24) is 19.0 Å². The average Bonchev–Trinajstić information content (AvgIpc) is 3.29. The summed E-state index contributed by atoms with van der Waals surface area (Å²) in [5.74, 6) is -0.140. The number of amides is 1. The highest BCUT2D eigenvalue weighted by molar-refractivity contribution is 7.89. The van der Waals surface area contributed by atoms with Crippen LogP contribution in [0.4, 0.5) is 0 Å². The maximum Gasteiger partial charge on any atom is 0.257 e. The van der Waals surface area contributed by atoms with Crippen molar-refractivity contribution in [2.75, 3.05) is 26.2 Å². The molecule has 0 saturated carbocycles. The Balaban J connectivity index is 1.41. The number of aromatic nitrogens is 2. The molecule has 3 aromatic rings. The van der Waals surface area contributed by atoms with Crippen molar-refractivity contribution in [2.45, 2.75) is 31.1 Å². The zero-order chi connectivity index (χ0) is 22.9. The van der Waals surface area contributed by atoms with Crippen molar-refractivity contribution in [3.8, 4) is 5.69 Å². The van der Waals surface area contributed by atoms with Gasteiger partial charge >= 0.3 is 0 Å². The topological polar surface area (TPSA) is 75.5 Å². The fourth-order valence-electron chi connectivity index (χ4n) is 3.75. The average molecular weight is 453 g/mol. The number of sulfonamides is 1. The number of rotatable bonds is 4. The largest absolute Gasteiger partial charge is 0.336 e. The van der Waals surface area contributed by atoms with E-state index < -0.39 is 10.0 Å². The molecule has 8 heteroatoms. The summed E-state index contributed by atoms with van der Waals surface area (Å²) in [6.07, 6.45) is 3.26. The highest BCUT2D eigenvalue weighted by Gasteiger charge is 2.31. The van der Waals surface area contributed by atoms with Gasteiger partial charge in [-0.3, -0.25) is 4.79 Å². The lowest BCUT2D eigenvalue weighted by molar-refractivity contribution is 0.0698. The zero-order valence-corrected chi connectivity index (χ0v) is 19.4. The van der Waals surface area contributed by atoms with Crippen LogP contribution >= 0.6 is 0 Å². The molecule has 0 atom stereocenters. The van der Waals surface area contributed by atoms with Crippen molar-refractivity contribution in [3.05, 3.63) is 78.1 Å². The van der Waals surface area contributed by atoms with Crippen LogP contribution in [0.5, 0.6) is 0 Å². The summed E-state index contributed by atoms with van der Waals surface area (Å²) in [6.45, 7) is 7.50. The van der Waals surface area contributed by atoms with Crippen LogP contribution in [0.1, 0.15) is 36.7 Å². The minimum atomic E-state index is -3.59. The molecule has 4 rings (SSSR count). The van der Waals surface area contributed by atoms with E-state index in [1.807, 2.05) is 42.5 Å². The lowest BCUT2D eigenvalue weighted by Gasteiger charge is -2.34. The van der Waals surface area contributed by atoms with E-state index in [0.29, 0.717) is 18.7 Å². The van der Waals surface area contributed by atoms with Gasteiger partial charge < -0.3 is 4.90 Å². The Hall–Kier alpha value is -2.97. The Bertz CT molecular complexity index is 1190. The fraction of sp³-hybridized carbons (Fsp3) is 0.333. The molecular formula is C24H28N4O3S. The van der Waals surface area contributed by atoms with E-state index in [2.05, 4.69) is 25.9 Å². The first-order chi connectivity index (χ1) is 15.2. The molecule has 32 heavy (non-hydrogen) atoms. The number of piperazine rings is 1. The molecule has 2 aromatic carbocycles. The van der Waals surface area contributed by atoms with E-state index in [1.165, 1.54) is 4.31 Å². The number of hydrogen-bond donors (Lipinski definition) is 0. The predicted octanol–water partition coefficient (Wildman–Crippen LogP) is 3.32. The second-order valence-electron chi connectivity index (χ2n) is 8.98. The molecule has 2 heterocycles. The molecule has 1 aromatic heterocycles. The second-order valence-corrected chi connectivity index (χ2v) is 10.9. The first-order valence-electron chi connectivity index (χ1n) is 10.7. The molecule has 0 unspecified atom stereocenters. The Morgan fingerprint density at radius 3 is 2.12 bits per heavy atom. The normalized spacial score (nSPS) is 15.7. The van der Waals surface area contributed by atoms with E-state index in [-0.39, 0.29) is 29.3 Å². The van der Waals surface area contributed by atoms with Crippen molar-refractivity contribution in [3.63, 3.8) is 0 Å². The number of para-hydroxylation sites is 1. The van der Waals surface area contributed by atoms with Gasteiger partial charge in [0.15, 0.2) is 0 Å². The second kappa shape index (κ2) is 8.52. The Labute approximate surface area is 189 Å². The van der Waals surface area contributed by atoms with Gasteiger partial charge in [0.1, 0.15) is 0 Å². The van der Waals surface area contributed by atoms with Gasteiger partial charge in [-0.1, -0.05) is 51.1 Å². The lowest BCUT2D eigenvalue weighted by Crippen LogP contribution is -2.50. The van der Waals surface area contributed by atoms with Crippen molar-refractivity contribution < 1.29 is 13.2 Å². The minimum absolute atomic E-state index is 0.0391. The number of hydrogen-bond acceptors (Lipinski definition) is 4. The number of nitrogens with zero attached hydrogens (tertiary/aromatic N) is 4. The molecule has 0 aliphatic carbocycles. The molecule has 0 radical (unpaired) electrons. The van der Waals surface area contributed by atoms with Crippen molar-refractivity contribution >= 4 is 15.9 Å². The van der Waals surface area contributed by atoms with Crippen LogP contribution in [0, 0.1) is 0 Å². The Morgan fingerprint density at radius 2 is 1.53 bits per heavy atom. The molecule has 0 bridgehead atoms. The number of carbonyl (C=O) groups excluding carboxylic acids is 1. The SMILES string of the molecule is CC(C)(C)c1ccc(S(=O)(=O)N2CCN(C(=O)c3cnn(-c4ccccc4)c3)CC2)cc1. The summed E-state index contributed by atoms with van der Waals surface area (Å²) < 4.78 is 29.2. The molecule has 1 saturated heterocycles. The quantitative estimate of drug-likeness (QED) is 0.609. The molecule has 0 N–H and O–H groups in total. The van der Waals surface area contributed by atoms with Crippen LogP contribution in [0.15, 0.2) is 71.9 Å². The highest BCUT2D eigenvalue weighted by Crippen LogP contribution is 2.25. The highest BCUT2D eigenvalue weighted by atomic mass is 32.2. The summed E-state index contributed by atoms with van der Waals surface area (Å²) in [5.41, 5.74) is 2.41. The number of benzene rings is 2. The Morgan fingerprint density at radius 1 is 0.906 bits per heavy atom. The molecule has 1 fully saturated rings. The molecule has 0 spiro atoms. The molecular weight excluding hydrogens is 424 g/mol. The number of carbonyl (C=O) groups is 1. The van der Waals surface area contributed by atoms with Gasteiger partial charge in [0.05, 0.1) is 22.3 Å². The van der Waals surface area contributed by atoms with E-state index in [4.69, 9.17) is 0 Å². The van der Waals surface area contributed by atoms with Crippen LogP contribution in [-0.2, 0) is 15.4 Å². The van der Waals surface area contributed by atoms with Crippen LogP contribution in [0.2, 0.25) is 0 Å². The summed E-state index contributed by atoms with van der Waals surface area (Å²) in [6, 6.07) is 16.7. The fourth-order valence-corrected chi connectivity index (χ4v) is 5.17. The minimum Gasteiger partial charge on any atom is -0.336 e. The molecule has 1 amide bonds. The van der Waals surface area contributed by atoms with Gasteiger partial charge in [-0.25, -0.2) is 13.1 Å². The van der Waals surface area contributed by atoms with Gasteiger partial charge in [0, 0.05) is 32.4 Å². The third-order valence-electron chi connectivity index (χ3n) is 5.73. The molecule has 1 aliphatic heterocycles. The van der Waals surface area contributed by atoms with E-state index in [0.717, 1.165) is 11.3 Å². The van der Waals surface area contributed by atoms with Gasteiger partial charge in [0.25, 0.3) is 5.91 Å². The van der Waals surface area contributed by atoms with Gasteiger partial charge in [-0.05, 0) is 35.2 Å². The first kappa shape index (κ1) is 22.2. The van der Waals surface area contributed by atoms with E-state index in [1.54, 1.807) is 34.1 Å². The van der Waals surface area contributed by atoms with Crippen LogP contribution in [0.25, 0.3) is 5.69 Å². The third kappa shape index (κ3) is 4.47. The summed E-state index contributed by atoms with van der Waals surface area (Å²) in [5, 5.41) is 4.28. The Kier molecular flexibility index (Phi) is 5.92. The van der Waals surface area contributed by atoms with Gasteiger partial charge in [-0.2, -0.15) is 9.40 Å². The van der Waals surface area contributed by atoms with E-state index in [9.17, 15) is 13.2 Å². The van der Waals surface area contributed by atoms with Crippen LogP contribution in [-0.4, -0.2) is 59.5 Å². The van der Waals surface area contributed by atoms with Crippen LogP contribution < -0.4 is 0 Å². The first-order valence-corrected chi connectivity index (χ1v) is 12.1. The summed E-state index contributed by atoms with van der Waals surface area (Å²) in [4.78, 5) is 14.9. The van der Waals surface area contributed by atoms with Gasteiger partial charge in [-0.15, -0.1) is 0 Å². The summed E-state index contributed by atoms with van der Waals surface area (Å²) >= 11 is 0. The smallest absolute Gasteiger partial charge is 0.257 e. The zero-order valence-electron chi connectivity index (χ0n) is 18.6. The van der Waals surface area contributed by atoms with E-state index >= 15 is 0 Å². The van der Waals surface area contributed by atoms with Crippen LogP contribution in [0.3, 0.4) is 0 Å².